The van der Waals surface area contributed by atoms with Crippen molar-refractivity contribution in [1.82, 2.24) is 10.6 Å². The van der Waals surface area contributed by atoms with Crippen molar-refractivity contribution in [2.24, 2.45) is 11.8 Å². The van der Waals surface area contributed by atoms with Crippen molar-refractivity contribution in [2.45, 2.75) is 45.6 Å². The largest absolute Gasteiger partial charge is 0.481 e. The molecule has 2 unspecified atom stereocenters. The van der Waals surface area contributed by atoms with E-state index in [1.54, 1.807) is 0 Å². The van der Waals surface area contributed by atoms with Crippen LogP contribution in [-0.4, -0.2) is 47.6 Å². The molecule has 1 aliphatic heterocycles. The van der Waals surface area contributed by atoms with Crippen molar-refractivity contribution in [1.29, 1.82) is 0 Å². The number of rotatable bonds is 9. The lowest BCUT2D eigenvalue weighted by Crippen LogP contribution is -2.41. The van der Waals surface area contributed by atoms with E-state index in [-0.39, 0.29) is 18.4 Å². The molecule has 0 aliphatic carbocycles. The first-order valence-electron chi connectivity index (χ1n) is 7.78. The van der Waals surface area contributed by atoms with Crippen LogP contribution in [0, 0.1) is 11.8 Å². The molecule has 21 heavy (non-hydrogen) atoms. The molecule has 6 heteroatoms. The Balaban J connectivity index is 2.19. The summed E-state index contributed by atoms with van der Waals surface area (Å²) in [5.41, 5.74) is 0. The van der Waals surface area contributed by atoms with Gasteiger partial charge in [-0.1, -0.05) is 13.8 Å². The van der Waals surface area contributed by atoms with E-state index in [0.29, 0.717) is 31.2 Å². The highest BCUT2D eigenvalue weighted by atomic mass is 32.2. The Kier molecular flexibility index (Phi) is 8.76. The second kappa shape index (κ2) is 10.1. The number of aliphatic carboxylic acids is 1. The predicted octanol–water partition coefficient (Wildman–Crippen LogP) is 1.72. The van der Waals surface area contributed by atoms with Crippen molar-refractivity contribution in [3.8, 4) is 0 Å². The van der Waals surface area contributed by atoms with Crippen molar-refractivity contribution >= 4 is 23.6 Å². The molecule has 1 aliphatic rings. The number of hydrogen-bond acceptors (Lipinski definition) is 4. The molecule has 122 valence electrons. The van der Waals surface area contributed by atoms with E-state index in [1.165, 1.54) is 0 Å². The van der Waals surface area contributed by atoms with Crippen LogP contribution in [0.1, 0.15) is 39.5 Å². The normalized spacial score (nSPS) is 20.2. The van der Waals surface area contributed by atoms with E-state index in [9.17, 15) is 9.59 Å². The van der Waals surface area contributed by atoms with Crippen LogP contribution in [0.5, 0.6) is 0 Å². The molecule has 1 saturated heterocycles. The topological polar surface area (TPSA) is 78.4 Å². The lowest BCUT2D eigenvalue weighted by atomic mass is 9.88. The Hall–Kier alpha value is -0.750. The Morgan fingerprint density at radius 3 is 2.71 bits per heavy atom. The molecule has 0 saturated carbocycles. The Morgan fingerprint density at radius 1 is 1.38 bits per heavy atom. The van der Waals surface area contributed by atoms with Crippen LogP contribution in [-0.2, 0) is 9.59 Å². The van der Waals surface area contributed by atoms with Crippen LogP contribution in [0.3, 0.4) is 0 Å². The van der Waals surface area contributed by atoms with Crippen LogP contribution in [0.15, 0.2) is 0 Å². The molecule has 0 aromatic rings. The number of carboxylic acids is 1. The number of thioether (sulfide) groups is 1. The van der Waals surface area contributed by atoms with Crippen LogP contribution < -0.4 is 10.6 Å². The fourth-order valence-electron chi connectivity index (χ4n) is 2.56. The highest BCUT2D eigenvalue weighted by Crippen LogP contribution is 2.20. The minimum Gasteiger partial charge on any atom is -0.481 e. The van der Waals surface area contributed by atoms with E-state index in [4.69, 9.17) is 5.11 Å². The maximum Gasteiger partial charge on any atom is 0.303 e. The second-order valence-electron chi connectivity index (χ2n) is 6.01. The van der Waals surface area contributed by atoms with Crippen molar-refractivity contribution in [2.75, 3.05) is 24.6 Å². The Morgan fingerprint density at radius 2 is 2.14 bits per heavy atom. The fourth-order valence-corrected chi connectivity index (χ4v) is 3.51. The van der Waals surface area contributed by atoms with Crippen LogP contribution in [0.4, 0.5) is 0 Å². The first-order chi connectivity index (χ1) is 9.99. The van der Waals surface area contributed by atoms with Gasteiger partial charge in [0, 0.05) is 43.5 Å². The highest BCUT2D eigenvalue weighted by Gasteiger charge is 2.18. The van der Waals surface area contributed by atoms with Gasteiger partial charge in [-0.3, -0.25) is 9.59 Å². The van der Waals surface area contributed by atoms with Gasteiger partial charge in [-0.2, -0.15) is 11.8 Å². The summed E-state index contributed by atoms with van der Waals surface area (Å²) in [4.78, 5) is 22.5. The van der Waals surface area contributed by atoms with Crippen LogP contribution >= 0.6 is 11.8 Å². The second-order valence-corrected chi connectivity index (χ2v) is 7.16. The fraction of sp³-hybridized carbons (Fsp3) is 0.867. The molecule has 5 nitrogen and oxygen atoms in total. The van der Waals surface area contributed by atoms with Gasteiger partial charge in [0.1, 0.15) is 0 Å². The molecule has 3 N–H and O–H groups in total. The van der Waals surface area contributed by atoms with Gasteiger partial charge in [-0.15, -0.1) is 0 Å². The molecule has 0 spiro atoms. The van der Waals surface area contributed by atoms with Crippen molar-refractivity contribution < 1.29 is 14.7 Å². The van der Waals surface area contributed by atoms with Gasteiger partial charge in [0.15, 0.2) is 0 Å². The summed E-state index contributed by atoms with van der Waals surface area (Å²) in [6.07, 6.45) is 2.28. The Labute approximate surface area is 131 Å². The molecule has 1 heterocycles. The zero-order chi connectivity index (χ0) is 15.7. The standard InChI is InChI=1S/C15H28N2O3S/c1-11(2)12(3-4-15(19)20)5-6-17-14(18)9-13-10-21-8-7-16-13/h11-13,16H,3-10H2,1-2H3,(H,17,18)(H,19,20). The maximum atomic E-state index is 11.9. The number of amides is 1. The van der Waals surface area contributed by atoms with E-state index in [2.05, 4.69) is 24.5 Å². The van der Waals surface area contributed by atoms with Crippen molar-refractivity contribution in [3.05, 3.63) is 0 Å². The molecular weight excluding hydrogens is 288 g/mol. The summed E-state index contributed by atoms with van der Waals surface area (Å²) in [6, 6.07) is 0.289. The zero-order valence-electron chi connectivity index (χ0n) is 13.1. The first-order valence-corrected chi connectivity index (χ1v) is 8.94. The SMILES string of the molecule is CC(C)C(CCNC(=O)CC1CSCCN1)CCC(=O)O. The monoisotopic (exact) mass is 316 g/mol. The first kappa shape index (κ1) is 18.3. The summed E-state index contributed by atoms with van der Waals surface area (Å²) in [5, 5.41) is 15.1. The Bertz CT molecular complexity index is 331. The molecule has 0 aromatic carbocycles. The maximum absolute atomic E-state index is 11.9. The van der Waals surface area contributed by atoms with E-state index in [0.717, 1.165) is 24.5 Å². The van der Waals surface area contributed by atoms with Crippen LogP contribution in [0.2, 0.25) is 0 Å². The molecule has 2 atom stereocenters. The number of nitrogens with one attached hydrogen (secondary N) is 2. The van der Waals surface area contributed by atoms with E-state index >= 15 is 0 Å². The summed E-state index contributed by atoms with van der Waals surface area (Å²) < 4.78 is 0. The van der Waals surface area contributed by atoms with Gasteiger partial charge >= 0.3 is 5.97 Å². The van der Waals surface area contributed by atoms with Gasteiger partial charge in [-0.05, 0) is 24.7 Å². The summed E-state index contributed by atoms with van der Waals surface area (Å²) in [7, 11) is 0. The third kappa shape index (κ3) is 8.31. The molecule has 0 aromatic heterocycles. The number of carbonyl (C=O) groups is 2. The van der Waals surface area contributed by atoms with Gasteiger partial charge in [0.05, 0.1) is 0 Å². The molecule has 0 bridgehead atoms. The predicted molar refractivity (Wildman–Crippen MR) is 86.6 cm³/mol. The third-order valence-electron chi connectivity index (χ3n) is 3.94. The van der Waals surface area contributed by atoms with Crippen molar-refractivity contribution in [3.63, 3.8) is 0 Å². The van der Waals surface area contributed by atoms with E-state index < -0.39 is 5.97 Å². The minimum atomic E-state index is -0.745. The highest BCUT2D eigenvalue weighted by molar-refractivity contribution is 7.99. The summed E-state index contributed by atoms with van der Waals surface area (Å²) >= 11 is 1.89. The summed E-state index contributed by atoms with van der Waals surface area (Å²) in [6.45, 7) is 5.84. The average molecular weight is 316 g/mol. The van der Waals surface area contributed by atoms with E-state index in [1.807, 2.05) is 11.8 Å². The minimum absolute atomic E-state index is 0.0933. The smallest absolute Gasteiger partial charge is 0.303 e. The molecule has 1 amide bonds. The molecule has 1 fully saturated rings. The third-order valence-corrected chi connectivity index (χ3v) is 5.07. The van der Waals surface area contributed by atoms with Crippen LogP contribution in [0.25, 0.3) is 0 Å². The molecule has 1 rings (SSSR count). The molecule has 0 radical (unpaired) electrons. The lowest BCUT2D eigenvalue weighted by Gasteiger charge is -2.23. The number of carbonyl (C=O) groups excluding carboxylic acids is 1. The lowest BCUT2D eigenvalue weighted by molar-refractivity contribution is -0.137. The summed E-state index contributed by atoms with van der Waals surface area (Å²) in [5.74, 6) is 2.27. The zero-order valence-corrected chi connectivity index (χ0v) is 13.9. The van der Waals surface area contributed by atoms with Gasteiger partial charge in [-0.25, -0.2) is 0 Å². The van der Waals surface area contributed by atoms with Gasteiger partial charge < -0.3 is 15.7 Å². The number of hydrogen-bond donors (Lipinski definition) is 3. The number of carboxylic acid groups (broad SMARTS) is 1. The molecular formula is C15H28N2O3S. The van der Waals surface area contributed by atoms with Gasteiger partial charge in [0.25, 0.3) is 0 Å². The average Bonchev–Trinajstić information content (AvgIpc) is 2.43. The van der Waals surface area contributed by atoms with Gasteiger partial charge in [0.2, 0.25) is 5.91 Å². The quantitative estimate of drug-likeness (QED) is 0.604.